The number of hydrogen-bond donors (Lipinski definition) is 1. The van der Waals surface area contributed by atoms with Crippen LogP contribution in [0.5, 0.6) is 5.75 Å². The van der Waals surface area contributed by atoms with Gasteiger partial charge in [0.25, 0.3) is 5.85 Å². The van der Waals surface area contributed by atoms with E-state index in [1.54, 1.807) is 29.4 Å². The number of anilines is 1. The van der Waals surface area contributed by atoms with Gasteiger partial charge < -0.3 is 14.7 Å². The lowest BCUT2D eigenvalue weighted by molar-refractivity contribution is -0.0680. The second-order valence-electron chi connectivity index (χ2n) is 8.53. The Morgan fingerprint density at radius 1 is 1.24 bits per heavy atom. The third-order valence-corrected chi connectivity index (χ3v) is 6.91. The minimum Gasteiger partial charge on any atom is -0.452 e. The predicted molar refractivity (Wildman–Crippen MR) is 136 cm³/mol. The number of aliphatic hydroxyl groups is 1. The molecule has 1 aliphatic heterocycles. The first kappa shape index (κ1) is 26.1. The summed E-state index contributed by atoms with van der Waals surface area (Å²) in [5, 5.41) is 30.0. The number of nitrogens with zero attached hydrogens (tertiary/aromatic N) is 5. The maximum Gasteiger partial charge on any atom is 0.292 e. The molecular weight excluding hydrogens is 496 g/mol. The molecule has 1 N–H and O–H groups in total. The first-order valence-corrected chi connectivity index (χ1v) is 12.3. The summed E-state index contributed by atoms with van der Waals surface area (Å²) >= 11 is 1.32. The Hall–Kier alpha value is -3.99. The van der Waals surface area contributed by atoms with Gasteiger partial charge in [-0.3, -0.25) is 4.98 Å². The largest absolute Gasteiger partial charge is 0.452 e. The van der Waals surface area contributed by atoms with E-state index in [0.717, 1.165) is 5.56 Å². The Bertz CT molecular complexity index is 1380. The number of hydrogen-bond acceptors (Lipinski definition) is 8. The molecule has 0 spiro atoms. The summed E-state index contributed by atoms with van der Waals surface area (Å²) in [6, 6.07) is 14.2. The van der Waals surface area contributed by atoms with E-state index >= 15 is 0 Å². The second-order valence-corrected chi connectivity index (χ2v) is 9.50. The average molecular weight is 520 g/mol. The standard InChI is InChI=1S/C27H23F2N5O2S/c1-17(2)27(29,16-35)36-21-7-5-19(6-8-21)24-22(10-30)25(34-13-20(28)14-34)33-26(23(24)11-31)37-15-18-4-3-9-32-12-18/h3-9,12,20,35H,1,13-16H2,2H3. The van der Waals surface area contributed by atoms with Crippen molar-refractivity contribution >= 4 is 17.6 Å². The van der Waals surface area contributed by atoms with E-state index in [0.29, 0.717) is 27.7 Å². The Labute approximate surface area is 217 Å². The van der Waals surface area contributed by atoms with Crippen LogP contribution in [0.1, 0.15) is 23.6 Å². The Kier molecular flexibility index (Phi) is 7.72. The molecule has 1 aromatic carbocycles. The molecule has 1 aliphatic rings. The number of halogens is 2. The Morgan fingerprint density at radius 3 is 2.49 bits per heavy atom. The molecule has 1 saturated heterocycles. The van der Waals surface area contributed by atoms with Crippen molar-refractivity contribution in [2.24, 2.45) is 0 Å². The van der Waals surface area contributed by atoms with Gasteiger partial charge in [0.05, 0.1) is 18.7 Å². The number of aromatic nitrogens is 2. The number of benzene rings is 1. The molecule has 0 saturated carbocycles. The van der Waals surface area contributed by atoms with E-state index in [4.69, 9.17) is 4.74 Å². The highest BCUT2D eigenvalue weighted by Gasteiger charge is 2.34. The quantitative estimate of drug-likeness (QED) is 0.313. The van der Waals surface area contributed by atoms with E-state index in [1.807, 2.05) is 12.1 Å². The third kappa shape index (κ3) is 5.41. The van der Waals surface area contributed by atoms with Crippen LogP contribution in [0.15, 0.2) is 66.0 Å². The summed E-state index contributed by atoms with van der Waals surface area (Å²) in [5.74, 6) is -1.52. The molecule has 188 valence electrons. The number of thioether (sulfide) groups is 1. The molecule has 0 amide bonds. The molecule has 0 bridgehead atoms. The summed E-state index contributed by atoms with van der Waals surface area (Å²) in [6.45, 7) is 4.23. The highest BCUT2D eigenvalue weighted by molar-refractivity contribution is 7.98. The molecule has 7 nitrogen and oxygen atoms in total. The van der Waals surface area contributed by atoms with Crippen LogP contribution in [0.2, 0.25) is 0 Å². The minimum absolute atomic E-state index is 0.00684. The predicted octanol–water partition coefficient (Wildman–Crippen LogP) is 4.95. The molecule has 3 aromatic rings. The van der Waals surface area contributed by atoms with Crippen molar-refractivity contribution < 1.29 is 18.6 Å². The smallest absolute Gasteiger partial charge is 0.292 e. The van der Waals surface area contributed by atoms with Gasteiger partial charge in [0.1, 0.15) is 47.1 Å². The van der Waals surface area contributed by atoms with Crippen LogP contribution < -0.4 is 9.64 Å². The first-order chi connectivity index (χ1) is 17.8. The number of rotatable bonds is 9. The molecule has 4 rings (SSSR count). The van der Waals surface area contributed by atoms with Crippen LogP contribution in [-0.4, -0.2) is 46.8 Å². The summed E-state index contributed by atoms with van der Waals surface area (Å²) in [5.41, 5.74) is 2.15. The number of alkyl halides is 2. The first-order valence-electron chi connectivity index (χ1n) is 11.3. The SMILES string of the molecule is C=C(C)C(F)(CO)Oc1ccc(-c2c(C#N)c(SCc3cccnc3)nc(N3CC(F)C3)c2C#N)cc1. The zero-order valence-electron chi connectivity index (χ0n) is 20.0. The molecule has 1 unspecified atom stereocenters. The molecule has 0 aliphatic carbocycles. The van der Waals surface area contributed by atoms with Crippen LogP contribution in [-0.2, 0) is 5.75 Å². The highest BCUT2D eigenvalue weighted by atomic mass is 32.2. The second kappa shape index (κ2) is 11.0. The summed E-state index contributed by atoms with van der Waals surface area (Å²) < 4.78 is 33.8. The fourth-order valence-corrected chi connectivity index (χ4v) is 4.66. The Balaban J connectivity index is 1.78. The van der Waals surface area contributed by atoms with Gasteiger partial charge >= 0.3 is 0 Å². The van der Waals surface area contributed by atoms with Crippen molar-refractivity contribution in [3.63, 3.8) is 0 Å². The number of pyridine rings is 2. The van der Waals surface area contributed by atoms with Gasteiger partial charge in [-0.15, -0.1) is 11.8 Å². The van der Waals surface area contributed by atoms with Gasteiger partial charge in [-0.25, -0.2) is 9.37 Å². The normalized spacial score (nSPS) is 14.7. The zero-order valence-corrected chi connectivity index (χ0v) is 20.8. The van der Waals surface area contributed by atoms with E-state index in [9.17, 15) is 24.4 Å². The fourth-order valence-electron chi connectivity index (χ4n) is 3.75. The lowest BCUT2D eigenvalue weighted by Crippen LogP contribution is -2.49. The zero-order chi connectivity index (χ0) is 26.6. The summed E-state index contributed by atoms with van der Waals surface area (Å²) in [7, 11) is 0. The maximum atomic E-state index is 14.8. The monoisotopic (exact) mass is 519 g/mol. The summed E-state index contributed by atoms with van der Waals surface area (Å²) in [6.07, 6.45) is 2.37. The van der Waals surface area contributed by atoms with E-state index in [-0.39, 0.29) is 35.5 Å². The van der Waals surface area contributed by atoms with Crippen LogP contribution in [0, 0.1) is 22.7 Å². The third-order valence-electron chi connectivity index (χ3n) is 5.87. The van der Waals surface area contributed by atoms with Gasteiger partial charge in [0.2, 0.25) is 0 Å². The fraction of sp³-hybridized carbons (Fsp3) is 0.259. The van der Waals surface area contributed by atoms with Crippen LogP contribution in [0.25, 0.3) is 11.1 Å². The Morgan fingerprint density at radius 2 is 1.95 bits per heavy atom. The van der Waals surface area contributed by atoms with Crippen molar-refractivity contribution in [3.8, 4) is 29.0 Å². The van der Waals surface area contributed by atoms with Gasteiger partial charge in [0, 0.05) is 23.7 Å². The molecular formula is C27H23F2N5O2S. The molecule has 37 heavy (non-hydrogen) atoms. The maximum absolute atomic E-state index is 14.8. The number of aliphatic hydroxyl groups excluding tert-OH is 1. The van der Waals surface area contributed by atoms with E-state index in [2.05, 4.69) is 28.7 Å². The van der Waals surface area contributed by atoms with Gasteiger partial charge in [-0.2, -0.15) is 14.9 Å². The molecule has 10 heteroatoms. The van der Waals surface area contributed by atoms with Crippen LogP contribution >= 0.6 is 11.8 Å². The molecule has 2 aromatic heterocycles. The molecule has 0 radical (unpaired) electrons. The van der Waals surface area contributed by atoms with Crippen molar-refractivity contribution in [2.75, 3.05) is 24.6 Å². The highest BCUT2D eigenvalue weighted by Crippen LogP contribution is 2.40. The van der Waals surface area contributed by atoms with Gasteiger partial charge in [0.15, 0.2) is 0 Å². The molecule has 1 fully saturated rings. The van der Waals surface area contributed by atoms with Crippen molar-refractivity contribution in [3.05, 3.63) is 77.6 Å². The lowest BCUT2D eigenvalue weighted by Gasteiger charge is -2.36. The number of ether oxygens (including phenoxy) is 1. The number of nitriles is 2. The van der Waals surface area contributed by atoms with Crippen LogP contribution in [0.3, 0.4) is 0 Å². The van der Waals surface area contributed by atoms with Crippen molar-refractivity contribution in [1.82, 2.24) is 9.97 Å². The minimum atomic E-state index is -2.45. The van der Waals surface area contributed by atoms with Gasteiger partial charge in [-0.05, 0) is 41.8 Å². The van der Waals surface area contributed by atoms with Crippen LogP contribution in [0.4, 0.5) is 14.6 Å². The van der Waals surface area contributed by atoms with Gasteiger partial charge in [-0.1, -0.05) is 24.8 Å². The average Bonchev–Trinajstić information content (AvgIpc) is 2.90. The lowest BCUT2D eigenvalue weighted by atomic mass is 9.95. The van der Waals surface area contributed by atoms with Crippen molar-refractivity contribution in [1.29, 1.82) is 10.5 Å². The van der Waals surface area contributed by atoms with Crippen molar-refractivity contribution in [2.45, 2.75) is 29.7 Å². The molecule has 3 heterocycles. The van der Waals surface area contributed by atoms with E-state index in [1.165, 1.54) is 30.8 Å². The topological polar surface area (TPSA) is 106 Å². The molecule has 1 atom stereocenters. The summed E-state index contributed by atoms with van der Waals surface area (Å²) in [4.78, 5) is 10.4. The van der Waals surface area contributed by atoms with E-state index < -0.39 is 18.6 Å².